The molecule has 0 radical (unpaired) electrons. The highest BCUT2D eigenvalue weighted by Crippen LogP contribution is 2.23. The molecule has 1 unspecified atom stereocenters. The topological polar surface area (TPSA) is 102 Å². The predicted molar refractivity (Wildman–Crippen MR) is 103 cm³/mol. The molecule has 0 aliphatic rings. The summed E-state index contributed by atoms with van der Waals surface area (Å²) in [6.07, 6.45) is -0.566. The molecule has 0 spiro atoms. The molecule has 2 aromatic carbocycles. The number of furan rings is 1. The van der Waals surface area contributed by atoms with Crippen molar-refractivity contribution in [3.63, 3.8) is 0 Å². The van der Waals surface area contributed by atoms with Gasteiger partial charge in [0.2, 0.25) is 11.2 Å². The third-order valence-electron chi connectivity index (χ3n) is 4.69. The maximum absolute atomic E-state index is 12.6. The number of fused-ring (bicyclic) bond motifs is 2. The molecule has 1 amide bonds. The van der Waals surface area contributed by atoms with E-state index in [1.165, 1.54) is 0 Å². The Kier molecular flexibility index (Phi) is 4.44. The molecule has 2 heterocycles. The van der Waals surface area contributed by atoms with Gasteiger partial charge in [0.05, 0.1) is 12.6 Å². The highest BCUT2D eigenvalue weighted by Gasteiger charge is 2.21. The standard InChI is InChI=1S/C21H19N3O4/c1-12-20(23-17-5-3-4-6-18(17)24(12)27)21(26)22-11-16-10-15-9-14(13(2)25)7-8-19(15)28-16/h3-10,13,25H,11H2,1-2H3,(H,22,26). The van der Waals surface area contributed by atoms with Crippen LogP contribution < -0.4 is 10.0 Å². The molecule has 2 N–H and O–H groups in total. The number of aliphatic hydroxyl groups excluding tert-OH is 1. The average molecular weight is 377 g/mol. The largest absolute Gasteiger partial charge is 0.618 e. The molecule has 4 rings (SSSR count). The smallest absolute Gasteiger partial charge is 0.276 e. The number of para-hydroxylation sites is 2. The number of aromatic nitrogens is 2. The van der Waals surface area contributed by atoms with E-state index in [1.807, 2.05) is 12.1 Å². The number of rotatable bonds is 4. The molecule has 0 saturated carbocycles. The molecule has 4 aromatic rings. The van der Waals surface area contributed by atoms with Crippen molar-refractivity contribution in [2.24, 2.45) is 0 Å². The molecule has 0 aliphatic carbocycles. The zero-order valence-corrected chi connectivity index (χ0v) is 15.5. The Bertz CT molecular complexity index is 1200. The van der Waals surface area contributed by atoms with Crippen LogP contribution in [0.2, 0.25) is 0 Å². The maximum Gasteiger partial charge on any atom is 0.276 e. The Hall–Kier alpha value is -3.45. The molecule has 0 bridgehead atoms. The lowest BCUT2D eigenvalue weighted by molar-refractivity contribution is -0.584. The zero-order chi connectivity index (χ0) is 19.8. The molecular formula is C21H19N3O4. The van der Waals surface area contributed by atoms with Crippen molar-refractivity contribution >= 4 is 27.9 Å². The second kappa shape index (κ2) is 6.94. The molecule has 2 aromatic heterocycles. The van der Waals surface area contributed by atoms with E-state index in [2.05, 4.69) is 10.3 Å². The summed E-state index contributed by atoms with van der Waals surface area (Å²) >= 11 is 0. The van der Waals surface area contributed by atoms with E-state index in [4.69, 9.17) is 4.42 Å². The van der Waals surface area contributed by atoms with E-state index in [1.54, 1.807) is 50.2 Å². The van der Waals surface area contributed by atoms with E-state index in [9.17, 15) is 15.1 Å². The van der Waals surface area contributed by atoms with Crippen LogP contribution >= 0.6 is 0 Å². The Morgan fingerprint density at radius 3 is 2.86 bits per heavy atom. The van der Waals surface area contributed by atoms with Gasteiger partial charge in [-0.3, -0.25) is 4.79 Å². The van der Waals surface area contributed by atoms with Crippen molar-refractivity contribution in [3.8, 4) is 0 Å². The molecule has 1 atom stereocenters. The molecule has 7 nitrogen and oxygen atoms in total. The fraction of sp³-hybridized carbons (Fsp3) is 0.190. The minimum absolute atomic E-state index is 0.0844. The number of aliphatic hydroxyl groups is 1. The van der Waals surface area contributed by atoms with Gasteiger partial charge in [0, 0.05) is 18.4 Å². The molecule has 0 aliphatic heterocycles. The third-order valence-corrected chi connectivity index (χ3v) is 4.69. The van der Waals surface area contributed by atoms with Gasteiger partial charge in [0.25, 0.3) is 5.91 Å². The Balaban J connectivity index is 1.57. The lowest BCUT2D eigenvalue weighted by atomic mass is 10.1. The Morgan fingerprint density at radius 2 is 2.07 bits per heavy atom. The van der Waals surface area contributed by atoms with E-state index in [-0.39, 0.29) is 17.9 Å². The van der Waals surface area contributed by atoms with Crippen LogP contribution in [0.1, 0.15) is 40.5 Å². The van der Waals surface area contributed by atoms with Gasteiger partial charge in [-0.25, -0.2) is 4.98 Å². The molecule has 0 fully saturated rings. The van der Waals surface area contributed by atoms with Crippen LogP contribution in [0, 0.1) is 12.1 Å². The van der Waals surface area contributed by atoms with Gasteiger partial charge in [0.15, 0.2) is 5.69 Å². The number of hydrogen-bond donors (Lipinski definition) is 2. The normalized spacial score (nSPS) is 12.4. The fourth-order valence-electron chi connectivity index (χ4n) is 3.14. The van der Waals surface area contributed by atoms with Crippen molar-refractivity contribution in [1.29, 1.82) is 0 Å². The van der Waals surface area contributed by atoms with Gasteiger partial charge >= 0.3 is 0 Å². The van der Waals surface area contributed by atoms with Crippen LogP contribution in [-0.2, 0) is 6.54 Å². The lowest BCUT2D eigenvalue weighted by Gasteiger charge is -2.09. The molecule has 28 heavy (non-hydrogen) atoms. The summed E-state index contributed by atoms with van der Waals surface area (Å²) in [4.78, 5) is 16.9. The molecule has 142 valence electrons. The molecular weight excluding hydrogens is 358 g/mol. The monoisotopic (exact) mass is 377 g/mol. The van der Waals surface area contributed by atoms with Gasteiger partial charge in [-0.05, 0) is 36.8 Å². The summed E-state index contributed by atoms with van der Waals surface area (Å²) < 4.78 is 6.45. The quantitative estimate of drug-likeness (QED) is 0.420. The second-order valence-electron chi connectivity index (χ2n) is 6.70. The lowest BCUT2D eigenvalue weighted by Crippen LogP contribution is -2.36. The van der Waals surface area contributed by atoms with Gasteiger partial charge in [-0.1, -0.05) is 18.2 Å². The van der Waals surface area contributed by atoms with Crippen LogP contribution in [0.3, 0.4) is 0 Å². The number of benzene rings is 2. The van der Waals surface area contributed by atoms with Crippen molar-refractivity contribution in [3.05, 3.63) is 76.4 Å². The maximum atomic E-state index is 12.6. The summed E-state index contributed by atoms with van der Waals surface area (Å²) in [5.41, 5.74) is 2.67. The number of amides is 1. The first-order valence-electron chi connectivity index (χ1n) is 8.91. The highest BCUT2D eigenvalue weighted by atomic mass is 16.5. The summed E-state index contributed by atoms with van der Waals surface area (Å²) in [7, 11) is 0. The first-order valence-corrected chi connectivity index (χ1v) is 8.91. The van der Waals surface area contributed by atoms with Crippen molar-refractivity contribution in [2.75, 3.05) is 0 Å². The van der Waals surface area contributed by atoms with E-state index in [0.717, 1.165) is 15.7 Å². The number of carbonyl (C=O) groups excluding carboxylic acids is 1. The van der Waals surface area contributed by atoms with Gasteiger partial charge in [-0.15, -0.1) is 0 Å². The van der Waals surface area contributed by atoms with Crippen molar-refractivity contribution in [1.82, 2.24) is 10.3 Å². The molecule has 0 saturated heterocycles. The van der Waals surface area contributed by atoms with Crippen LogP contribution in [-0.4, -0.2) is 16.0 Å². The number of carbonyl (C=O) groups is 1. The SMILES string of the molecule is Cc1c(C(=O)NCc2cc3cc(C(C)O)ccc3o2)nc2ccccc2[n+]1[O-]. The van der Waals surface area contributed by atoms with Crippen molar-refractivity contribution in [2.45, 2.75) is 26.5 Å². The number of nitrogens with zero attached hydrogens (tertiary/aromatic N) is 2. The molecule has 7 heteroatoms. The second-order valence-corrected chi connectivity index (χ2v) is 6.70. The van der Waals surface area contributed by atoms with Crippen molar-refractivity contribution < 1.29 is 19.0 Å². The van der Waals surface area contributed by atoms with E-state index in [0.29, 0.717) is 22.4 Å². The fourth-order valence-corrected chi connectivity index (χ4v) is 3.14. The summed E-state index contributed by atoms with van der Waals surface area (Å²) in [6.45, 7) is 3.42. The van der Waals surface area contributed by atoms with Gasteiger partial charge in [-0.2, -0.15) is 4.73 Å². The highest BCUT2D eigenvalue weighted by molar-refractivity contribution is 5.94. The van der Waals surface area contributed by atoms with E-state index >= 15 is 0 Å². The number of hydrogen-bond acceptors (Lipinski definition) is 5. The van der Waals surface area contributed by atoms with Crippen LogP contribution in [0.25, 0.3) is 22.0 Å². The van der Waals surface area contributed by atoms with E-state index < -0.39 is 12.0 Å². The van der Waals surface area contributed by atoms with Gasteiger partial charge < -0.3 is 20.0 Å². The van der Waals surface area contributed by atoms with Crippen LogP contribution in [0.15, 0.2) is 52.9 Å². The van der Waals surface area contributed by atoms with Crippen LogP contribution in [0.5, 0.6) is 0 Å². The summed E-state index contributed by atoms with van der Waals surface area (Å²) in [5.74, 6) is 0.123. The van der Waals surface area contributed by atoms with Gasteiger partial charge in [0.1, 0.15) is 16.9 Å². The summed E-state index contributed by atoms with van der Waals surface area (Å²) in [5, 5.41) is 25.7. The first kappa shape index (κ1) is 17.9. The first-order chi connectivity index (χ1) is 13.4. The Labute approximate surface area is 160 Å². The summed E-state index contributed by atoms with van der Waals surface area (Å²) in [6, 6.07) is 14.1. The predicted octanol–water partition coefficient (Wildman–Crippen LogP) is 2.91. The average Bonchev–Trinajstić information content (AvgIpc) is 3.11. The Morgan fingerprint density at radius 1 is 1.29 bits per heavy atom. The minimum atomic E-state index is -0.566. The minimum Gasteiger partial charge on any atom is -0.618 e. The van der Waals surface area contributed by atoms with Crippen LogP contribution in [0.4, 0.5) is 0 Å². The third kappa shape index (κ3) is 3.16. The number of nitrogens with one attached hydrogen (secondary N) is 1. The zero-order valence-electron chi connectivity index (χ0n) is 15.5.